The molecule has 7 heteroatoms. The molecule has 1 N–H and O–H groups in total. The number of anilines is 1. The predicted molar refractivity (Wildman–Crippen MR) is 110 cm³/mol. The molecule has 2 aromatic heterocycles. The van der Waals surface area contributed by atoms with Gasteiger partial charge in [0.05, 0.1) is 27.7 Å². The van der Waals surface area contributed by atoms with Crippen LogP contribution in [0.3, 0.4) is 0 Å². The average molecular weight is 392 g/mol. The fraction of sp³-hybridized carbons (Fsp3) is 0.150. The highest BCUT2D eigenvalue weighted by Gasteiger charge is 2.24. The minimum atomic E-state index is 0.507. The van der Waals surface area contributed by atoms with Crippen molar-refractivity contribution in [3.63, 3.8) is 0 Å². The highest BCUT2D eigenvalue weighted by Crippen LogP contribution is 2.45. The Morgan fingerprint density at radius 3 is 2.85 bits per heavy atom. The Morgan fingerprint density at radius 2 is 2.15 bits per heavy atom. The summed E-state index contributed by atoms with van der Waals surface area (Å²) in [6, 6.07) is 13.7. The van der Waals surface area contributed by atoms with E-state index in [9.17, 15) is 0 Å². The molecule has 0 saturated heterocycles. The molecule has 0 unspecified atom stereocenters. The van der Waals surface area contributed by atoms with Crippen LogP contribution in [0.2, 0.25) is 0 Å². The molecule has 134 valence electrons. The van der Waals surface area contributed by atoms with E-state index in [0.29, 0.717) is 11.1 Å². The Bertz CT molecular complexity index is 1230. The summed E-state index contributed by atoms with van der Waals surface area (Å²) in [5, 5.41) is 18.9. The molecule has 0 bridgehead atoms. The number of rotatable bonds is 2. The summed E-state index contributed by atoms with van der Waals surface area (Å²) in [5.41, 5.74) is 3.11. The summed E-state index contributed by atoms with van der Waals surface area (Å²) in [6.07, 6.45) is 3.80. The lowest BCUT2D eigenvalue weighted by atomic mass is 10.2. The molecule has 1 aliphatic rings. The fourth-order valence-electron chi connectivity index (χ4n) is 3.02. The molecule has 0 aliphatic carbocycles. The molecule has 5 nitrogen and oxygen atoms in total. The zero-order valence-corrected chi connectivity index (χ0v) is 16.6. The number of fused-ring (bicyclic) bond motifs is 1. The second-order valence-electron chi connectivity index (χ2n) is 6.02. The minimum absolute atomic E-state index is 0.507. The van der Waals surface area contributed by atoms with Crippen molar-refractivity contribution in [2.24, 2.45) is 0 Å². The number of nitrogens with one attached hydrogen (secondary N) is 1. The summed E-state index contributed by atoms with van der Waals surface area (Å²) >= 11 is 3.22. The van der Waals surface area contributed by atoms with E-state index in [-0.39, 0.29) is 0 Å². The van der Waals surface area contributed by atoms with Crippen molar-refractivity contribution in [1.82, 2.24) is 9.55 Å². The van der Waals surface area contributed by atoms with Gasteiger partial charge in [0.1, 0.15) is 15.0 Å². The van der Waals surface area contributed by atoms with Gasteiger partial charge in [-0.15, -0.1) is 11.3 Å². The molecular weight excluding hydrogens is 374 g/mol. The molecule has 27 heavy (non-hydrogen) atoms. The van der Waals surface area contributed by atoms with Gasteiger partial charge in [-0.1, -0.05) is 17.8 Å². The number of hydrogen-bond donors (Lipinski definition) is 1. The lowest BCUT2D eigenvalue weighted by Crippen LogP contribution is -2.33. The van der Waals surface area contributed by atoms with Crippen LogP contribution in [0.1, 0.15) is 18.2 Å². The number of pyridine rings is 1. The van der Waals surface area contributed by atoms with E-state index in [1.807, 2.05) is 54.1 Å². The Balaban J connectivity index is 1.92. The van der Waals surface area contributed by atoms with Gasteiger partial charge in [-0.3, -0.25) is 10.4 Å². The lowest BCUT2D eigenvalue weighted by Gasteiger charge is -2.12. The van der Waals surface area contributed by atoms with Crippen LogP contribution < -0.4 is 19.6 Å². The molecule has 1 aromatic carbocycles. The van der Waals surface area contributed by atoms with Gasteiger partial charge in [-0.25, -0.2) is 0 Å². The number of hydrogen-bond acceptors (Lipinski definition) is 6. The highest BCUT2D eigenvalue weighted by atomic mass is 32.2. The summed E-state index contributed by atoms with van der Waals surface area (Å²) in [6.45, 7) is 2.77. The molecule has 3 aromatic rings. The van der Waals surface area contributed by atoms with Crippen LogP contribution in [0.4, 0.5) is 5.69 Å². The predicted octanol–water partition coefficient (Wildman–Crippen LogP) is 2.45. The maximum Gasteiger partial charge on any atom is 0.146 e. The number of aromatic nitrogens is 2. The number of thioether (sulfide) groups is 1. The quantitative estimate of drug-likeness (QED) is 0.729. The topological polar surface area (TPSA) is 68.7 Å². The Morgan fingerprint density at radius 1 is 1.30 bits per heavy atom. The third kappa shape index (κ3) is 3.07. The first-order chi connectivity index (χ1) is 13.1. The van der Waals surface area contributed by atoms with Gasteiger partial charge in [0.2, 0.25) is 0 Å². The van der Waals surface area contributed by atoms with Crippen LogP contribution in [0.15, 0.2) is 47.5 Å². The summed E-state index contributed by atoms with van der Waals surface area (Å²) < 4.78 is 3.94. The summed E-state index contributed by atoms with van der Waals surface area (Å²) in [5.74, 6) is 0. The number of benzene rings is 1. The van der Waals surface area contributed by atoms with E-state index in [1.165, 1.54) is 0 Å². The Labute approximate surface area is 165 Å². The minimum Gasteiger partial charge on any atom is -0.337 e. The number of thiazole rings is 1. The normalized spacial score (nSPS) is 15.7. The highest BCUT2D eigenvalue weighted by molar-refractivity contribution is 8.08. The van der Waals surface area contributed by atoms with E-state index < -0.39 is 0 Å². The van der Waals surface area contributed by atoms with E-state index in [4.69, 9.17) is 10.7 Å². The molecule has 0 amide bonds. The van der Waals surface area contributed by atoms with E-state index in [0.717, 1.165) is 37.0 Å². The van der Waals surface area contributed by atoms with Crippen LogP contribution in [-0.2, 0) is 6.54 Å². The van der Waals surface area contributed by atoms with Crippen molar-refractivity contribution < 1.29 is 0 Å². The van der Waals surface area contributed by atoms with Gasteiger partial charge in [-0.05, 0) is 43.3 Å². The van der Waals surface area contributed by atoms with Gasteiger partial charge in [0.15, 0.2) is 0 Å². The van der Waals surface area contributed by atoms with Gasteiger partial charge < -0.3 is 9.47 Å². The monoisotopic (exact) mass is 391 g/mol. The van der Waals surface area contributed by atoms with E-state index in [2.05, 4.69) is 22.9 Å². The maximum atomic E-state index is 9.15. The number of nitriles is 1. The van der Waals surface area contributed by atoms with Gasteiger partial charge >= 0.3 is 0 Å². The van der Waals surface area contributed by atoms with Crippen molar-refractivity contribution in [2.75, 3.05) is 11.9 Å². The molecule has 0 spiro atoms. The SMILES string of the molecule is CCn1c(=Cc2ccccn2)sc(=C2Sc3cc(C#N)ccc3N2C)c1=N. The molecular formula is C20H17N5S2. The summed E-state index contributed by atoms with van der Waals surface area (Å²) in [7, 11) is 2.01. The Kier molecular flexibility index (Phi) is 4.60. The zero-order chi connectivity index (χ0) is 19.0. The van der Waals surface area contributed by atoms with Crippen LogP contribution in [-0.4, -0.2) is 16.6 Å². The molecule has 3 heterocycles. The van der Waals surface area contributed by atoms with Gasteiger partial charge in [0.25, 0.3) is 0 Å². The first-order valence-corrected chi connectivity index (χ1v) is 10.1. The number of nitrogens with zero attached hydrogens (tertiary/aromatic N) is 4. The van der Waals surface area contributed by atoms with Crippen LogP contribution in [0, 0.1) is 16.7 Å². The molecule has 4 rings (SSSR count). The lowest BCUT2D eigenvalue weighted by molar-refractivity contribution is 0.698. The van der Waals surface area contributed by atoms with E-state index in [1.54, 1.807) is 29.3 Å². The second-order valence-corrected chi connectivity index (χ2v) is 8.08. The average Bonchev–Trinajstić information content (AvgIpc) is 3.18. The summed E-state index contributed by atoms with van der Waals surface area (Å²) in [4.78, 5) is 7.54. The maximum absolute atomic E-state index is 9.15. The van der Waals surface area contributed by atoms with Crippen LogP contribution in [0.25, 0.3) is 11.1 Å². The van der Waals surface area contributed by atoms with Crippen LogP contribution in [0.5, 0.6) is 0 Å². The van der Waals surface area contributed by atoms with Crippen molar-refractivity contribution >= 4 is 39.9 Å². The van der Waals surface area contributed by atoms with Crippen molar-refractivity contribution in [1.29, 1.82) is 10.7 Å². The molecule has 0 radical (unpaired) electrons. The Hall–Kier alpha value is -2.82. The standard InChI is InChI=1S/C20H17N5S2/c1-3-25-17(11-14-6-4-5-9-23-14)27-18(19(25)22)20-24(2)15-8-7-13(12-21)10-16(15)26-20/h4-11,22H,3H2,1-2H3. The molecule has 1 aliphatic heterocycles. The van der Waals surface area contributed by atoms with Gasteiger partial charge in [0, 0.05) is 24.7 Å². The molecule has 0 atom stereocenters. The second kappa shape index (κ2) is 7.06. The smallest absolute Gasteiger partial charge is 0.146 e. The first-order valence-electron chi connectivity index (χ1n) is 8.49. The third-order valence-corrected chi connectivity index (χ3v) is 6.87. The van der Waals surface area contributed by atoms with Crippen molar-refractivity contribution in [3.8, 4) is 6.07 Å². The van der Waals surface area contributed by atoms with Crippen molar-refractivity contribution in [3.05, 3.63) is 68.5 Å². The largest absolute Gasteiger partial charge is 0.337 e. The zero-order valence-electron chi connectivity index (χ0n) is 14.9. The van der Waals surface area contributed by atoms with Gasteiger partial charge in [-0.2, -0.15) is 5.26 Å². The van der Waals surface area contributed by atoms with Crippen LogP contribution >= 0.6 is 23.1 Å². The van der Waals surface area contributed by atoms with Crippen molar-refractivity contribution in [2.45, 2.75) is 18.4 Å². The third-order valence-electron chi connectivity index (χ3n) is 4.39. The fourth-order valence-corrected chi connectivity index (χ4v) is 5.55. The van der Waals surface area contributed by atoms with E-state index >= 15 is 0 Å². The molecule has 0 saturated carbocycles. The first kappa shape index (κ1) is 17.6. The molecule has 0 fully saturated rings.